The van der Waals surface area contributed by atoms with Crippen molar-refractivity contribution in [2.45, 2.75) is 26.3 Å². The Morgan fingerprint density at radius 1 is 1.25 bits per heavy atom. The monoisotopic (exact) mass is 295 g/mol. The first-order valence-electron chi connectivity index (χ1n) is 7.58. The molecular weight excluding hydrogens is 270 g/mol. The highest BCUT2D eigenvalue weighted by Crippen LogP contribution is 2.28. The van der Waals surface area contributed by atoms with Crippen molar-refractivity contribution in [3.05, 3.63) is 28.8 Å². The first-order valence-corrected chi connectivity index (χ1v) is 7.96. The Balaban J connectivity index is 2.05. The second-order valence-electron chi connectivity index (χ2n) is 5.67. The molecule has 1 aromatic rings. The molecule has 3 nitrogen and oxygen atoms in total. The maximum absolute atomic E-state index is 6.47. The summed E-state index contributed by atoms with van der Waals surface area (Å²) in [4.78, 5) is 4.78. The lowest BCUT2D eigenvalue weighted by molar-refractivity contribution is 0.313. The molecule has 1 aliphatic rings. The van der Waals surface area contributed by atoms with Gasteiger partial charge >= 0.3 is 0 Å². The van der Waals surface area contributed by atoms with Crippen molar-refractivity contribution in [2.24, 2.45) is 0 Å². The van der Waals surface area contributed by atoms with E-state index in [1.54, 1.807) is 0 Å². The summed E-state index contributed by atoms with van der Waals surface area (Å²) in [5.74, 6) is 0. The van der Waals surface area contributed by atoms with Crippen molar-refractivity contribution < 1.29 is 0 Å². The van der Waals surface area contributed by atoms with Crippen LogP contribution in [-0.2, 0) is 0 Å². The molecule has 1 atom stereocenters. The topological polar surface area (TPSA) is 18.5 Å². The molecule has 1 saturated heterocycles. The van der Waals surface area contributed by atoms with E-state index in [1.165, 1.54) is 11.3 Å². The second-order valence-corrected chi connectivity index (χ2v) is 6.08. The Morgan fingerprint density at radius 3 is 2.55 bits per heavy atom. The molecule has 0 saturated carbocycles. The molecule has 0 aromatic heterocycles. The summed E-state index contributed by atoms with van der Waals surface area (Å²) in [5.41, 5.74) is 2.44. The van der Waals surface area contributed by atoms with Gasteiger partial charge in [-0.3, -0.25) is 0 Å². The largest absolute Gasteiger partial charge is 0.369 e. The number of likely N-dealkylation sites (N-methyl/N-ethyl adjacent to an activating group) is 1. The van der Waals surface area contributed by atoms with Crippen LogP contribution in [0.5, 0.6) is 0 Å². The van der Waals surface area contributed by atoms with Crippen molar-refractivity contribution in [2.75, 3.05) is 44.7 Å². The van der Waals surface area contributed by atoms with Gasteiger partial charge in [-0.15, -0.1) is 0 Å². The number of nitrogens with one attached hydrogen (secondary N) is 1. The summed E-state index contributed by atoms with van der Waals surface area (Å²) in [5, 5.41) is 4.36. The van der Waals surface area contributed by atoms with Gasteiger partial charge in [0.05, 0.1) is 0 Å². The highest BCUT2D eigenvalue weighted by atomic mass is 35.5. The number of hydrogen-bond donors (Lipinski definition) is 1. The molecule has 1 aliphatic heterocycles. The van der Waals surface area contributed by atoms with E-state index in [2.05, 4.69) is 54.2 Å². The van der Waals surface area contributed by atoms with E-state index >= 15 is 0 Å². The lowest BCUT2D eigenvalue weighted by atomic mass is 10.1. The molecule has 1 N–H and O–H groups in total. The van der Waals surface area contributed by atoms with E-state index in [0.29, 0.717) is 6.04 Å². The summed E-state index contributed by atoms with van der Waals surface area (Å²) in [6.45, 7) is 9.77. The van der Waals surface area contributed by atoms with Gasteiger partial charge in [-0.05, 0) is 44.6 Å². The Kier molecular flexibility index (Phi) is 5.70. The zero-order valence-electron chi connectivity index (χ0n) is 12.8. The summed E-state index contributed by atoms with van der Waals surface area (Å²) >= 11 is 6.47. The maximum Gasteiger partial charge on any atom is 0.0474 e. The van der Waals surface area contributed by atoms with Gasteiger partial charge in [0.15, 0.2) is 0 Å². The number of rotatable bonds is 5. The molecule has 0 aliphatic carbocycles. The van der Waals surface area contributed by atoms with Crippen LogP contribution >= 0.6 is 11.6 Å². The highest BCUT2D eigenvalue weighted by molar-refractivity contribution is 6.31. The van der Waals surface area contributed by atoms with E-state index < -0.39 is 0 Å². The van der Waals surface area contributed by atoms with E-state index in [4.69, 9.17) is 11.6 Å². The predicted molar refractivity (Wildman–Crippen MR) is 87.9 cm³/mol. The molecule has 1 aromatic carbocycles. The SMILES string of the molecule is CCCNC(C)c1ccc(N2CCN(C)CC2)cc1Cl. The van der Waals surface area contributed by atoms with Crippen LogP contribution in [0.4, 0.5) is 5.69 Å². The molecular formula is C16H26ClN3. The van der Waals surface area contributed by atoms with Crippen LogP contribution in [0.3, 0.4) is 0 Å². The smallest absolute Gasteiger partial charge is 0.0474 e. The Bertz CT molecular complexity index is 428. The molecule has 1 unspecified atom stereocenters. The minimum Gasteiger partial charge on any atom is -0.369 e. The molecule has 20 heavy (non-hydrogen) atoms. The van der Waals surface area contributed by atoms with Gasteiger partial charge < -0.3 is 15.1 Å². The summed E-state index contributed by atoms with van der Waals surface area (Å²) in [6, 6.07) is 6.80. The second kappa shape index (κ2) is 7.30. The standard InChI is InChI=1S/C16H26ClN3/c1-4-7-18-13(2)15-6-5-14(12-16(15)17)20-10-8-19(3)9-11-20/h5-6,12-13,18H,4,7-11H2,1-3H3. The fraction of sp³-hybridized carbons (Fsp3) is 0.625. The van der Waals surface area contributed by atoms with Crippen molar-refractivity contribution in [3.63, 3.8) is 0 Å². The molecule has 4 heteroatoms. The molecule has 0 amide bonds. The fourth-order valence-corrected chi connectivity index (χ4v) is 2.94. The van der Waals surface area contributed by atoms with Gasteiger partial charge in [-0.2, -0.15) is 0 Å². The predicted octanol–water partition coefficient (Wildman–Crippen LogP) is 3.15. The van der Waals surface area contributed by atoms with Gasteiger partial charge in [-0.1, -0.05) is 24.6 Å². The van der Waals surface area contributed by atoms with Crippen LogP contribution < -0.4 is 10.2 Å². The molecule has 0 spiro atoms. The van der Waals surface area contributed by atoms with Crippen molar-refractivity contribution >= 4 is 17.3 Å². The van der Waals surface area contributed by atoms with E-state index in [0.717, 1.165) is 44.2 Å². The highest BCUT2D eigenvalue weighted by Gasteiger charge is 2.16. The first kappa shape index (κ1) is 15.6. The number of benzene rings is 1. The Hall–Kier alpha value is -0.770. The van der Waals surface area contributed by atoms with Crippen LogP contribution in [0, 0.1) is 0 Å². The molecule has 0 radical (unpaired) electrons. The summed E-state index contributed by atoms with van der Waals surface area (Å²) in [7, 11) is 2.18. The first-order chi connectivity index (χ1) is 9.61. The van der Waals surface area contributed by atoms with Gasteiger partial charge in [0, 0.05) is 42.9 Å². The molecule has 112 valence electrons. The quantitative estimate of drug-likeness (QED) is 0.900. The van der Waals surface area contributed by atoms with Crippen LogP contribution in [0.25, 0.3) is 0 Å². The van der Waals surface area contributed by atoms with Crippen LogP contribution in [0.15, 0.2) is 18.2 Å². The minimum atomic E-state index is 0.309. The number of nitrogens with zero attached hydrogens (tertiary/aromatic N) is 2. The lowest BCUT2D eigenvalue weighted by Gasteiger charge is -2.34. The van der Waals surface area contributed by atoms with Gasteiger partial charge in [0.1, 0.15) is 0 Å². The third kappa shape index (κ3) is 3.87. The molecule has 0 bridgehead atoms. The van der Waals surface area contributed by atoms with Gasteiger partial charge in [0.2, 0.25) is 0 Å². The van der Waals surface area contributed by atoms with Gasteiger partial charge in [0.25, 0.3) is 0 Å². The molecule has 1 heterocycles. The third-order valence-corrected chi connectivity index (χ3v) is 4.35. The zero-order chi connectivity index (χ0) is 14.5. The van der Waals surface area contributed by atoms with Crippen molar-refractivity contribution in [3.8, 4) is 0 Å². The van der Waals surface area contributed by atoms with Crippen LogP contribution in [-0.4, -0.2) is 44.7 Å². The van der Waals surface area contributed by atoms with Crippen LogP contribution in [0.2, 0.25) is 5.02 Å². The van der Waals surface area contributed by atoms with Crippen molar-refractivity contribution in [1.29, 1.82) is 0 Å². The number of anilines is 1. The summed E-state index contributed by atoms with van der Waals surface area (Å²) in [6.07, 6.45) is 1.14. The van der Waals surface area contributed by atoms with E-state index in [9.17, 15) is 0 Å². The minimum absolute atomic E-state index is 0.309. The van der Waals surface area contributed by atoms with Gasteiger partial charge in [-0.25, -0.2) is 0 Å². The van der Waals surface area contributed by atoms with E-state index in [1.807, 2.05) is 0 Å². The molecule has 1 fully saturated rings. The average molecular weight is 296 g/mol. The fourth-order valence-electron chi connectivity index (χ4n) is 2.60. The number of piperazine rings is 1. The van der Waals surface area contributed by atoms with Crippen LogP contribution in [0.1, 0.15) is 31.9 Å². The normalized spacial score (nSPS) is 18.3. The average Bonchev–Trinajstić information content (AvgIpc) is 2.45. The summed E-state index contributed by atoms with van der Waals surface area (Å²) < 4.78 is 0. The number of halogens is 1. The Morgan fingerprint density at radius 2 is 1.95 bits per heavy atom. The van der Waals surface area contributed by atoms with Crippen molar-refractivity contribution in [1.82, 2.24) is 10.2 Å². The third-order valence-electron chi connectivity index (χ3n) is 4.02. The van der Waals surface area contributed by atoms with E-state index in [-0.39, 0.29) is 0 Å². The maximum atomic E-state index is 6.47. The Labute approximate surface area is 127 Å². The molecule has 2 rings (SSSR count). The number of hydrogen-bond acceptors (Lipinski definition) is 3. The lowest BCUT2D eigenvalue weighted by Crippen LogP contribution is -2.44. The zero-order valence-corrected chi connectivity index (χ0v) is 13.6.